The van der Waals surface area contributed by atoms with Gasteiger partial charge in [0.2, 0.25) is 0 Å². The molecule has 0 aliphatic heterocycles. The smallest absolute Gasteiger partial charge is 0.141 e. The summed E-state index contributed by atoms with van der Waals surface area (Å²) in [6.45, 7) is 0.969. The molecule has 20 heavy (non-hydrogen) atoms. The van der Waals surface area contributed by atoms with Crippen molar-refractivity contribution >= 4 is 5.84 Å². The zero-order valence-electron chi connectivity index (χ0n) is 11.3. The molecule has 0 saturated carbocycles. The second kappa shape index (κ2) is 6.68. The Morgan fingerprint density at radius 1 is 1.15 bits per heavy atom. The van der Waals surface area contributed by atoms with Crippen molar-refractivity contribution in [3.05, 3.63) is 59.4 Å². The van der Waals surface area contributed by atoms with E-state index in [-0.39, 0.29) is 5.84 Å². The maximum atomic E-state index is 7.34. The molecule has 5 heteroatoms. The van der Waals surface area contributed by atoms with E-state index >= 15 is 0 Å². The van der Waals surface area contributed by atoms with Gasteiger partial charge in [-0.15, -0.1) is 0 Å². The third kappa shape index (κ3) is 3.80. The number of benzene rings is 1. The summed E-state index contributed by atoms with van der Waals surface area (Å²) < 4.78 is 10.7. The predicted molar refractivity (Wildman–Crippen MR) is 76.7 cm³/mol. The molecule has 1 aromatic carbocycles. The Morgan fingerprint density at radius 2 is 1.85 bits per heavy atom. The molecule has 0 atom stereocenters. The Kier molecular flexibility index (Phi) is 4.68. The quantitative estimate of drug-likeness (QED) is 0.622. The van der Waals surface area contributed by atoms with Crippen LogP contribution in [-0.4, -0.2) is 17.9 Å². The van der Waals surface area contributed by atoms with Crippen molar-refractivity contribution < 1.29 is 9.47 Å². The first-order valence-electron chi connectivity index (χ1n) is 6.19. The van der Waals surface area contributed by atoms with E-state index in [1.807, 2.05) is 30.3 Å². The third-order valence-electron chi connectivity index (χ3n) is 2.80. The highest BCUT2D eigenvalue weighted by Crippen LogP contribution is 2.12. The van der Waals surface area contributed by atoms with Gasteiger partial charge in [0.15, 0.2) is 0 Å². The largest absolute Gasteiger partial charge is 0.497 e. The number of amidine groups is 1. The second-order valence-electron chi connectivity index (χ2n) is 4.30. The minimum atomic E-state index is -0.0398. The highest BCUT2D eigenvalue weighted by Gasteiger charge is 2.01. The number of nitrogens with two attached hydrogens (primary N) is 1. The zero-order valence-corrected chi connectivity index (χ0v) is 11.3. The molecule has 5 nitrogen and oxygen atoms in total. The van der Waals surface area contributed by atoms with Crippen LogP contribution in [0.4, 0.5) is 0 Å². The molecular formula is C15H17N3O2. The summed E-state index contributed by atoms with van der Waals surface area (Å²) in [6.07, 6.45) is 1.63. The van der Waals surface area contributed by atoms with Crippen molar-refractivity contribution in [2.75, 3.05) is 7.11 Å². The first kappa shape index (κ1) is 14.0. The average Bonchev–Trinajstić information content (AvgIpc) is 2.48. The molecule has 3 N–H and O–H groups in total. The van der Waals surface area contributed by atoms with Crippen LogP contribution in [-0.2, 0) is 18.0 Å². The van der Waals surface area contributed by atoms with E-state index in [0.717, 1.165) is 16.9 Å². The molecule has 1 heterocycles. The number of pyridine rings is 1. The van der Waals surface area contributed by atoms with Gasteiger partial charge in [0.25, 0.3) is 0 Å². The molecule has 0 aliphatic carbocycles. The molecule has 0 amide bonds. The molecule has 104 valence electrons. The van der Waals surface area contributed by atoms with Gasteiger partial charge >= 0.3 is 0 Å². The molecular weight excluding hydrogens is 254 g/mol. The van der Waals surface area contributed by atoms with E-state index in [2.05, 4.69) is 4.98 Å². The Labute approximate surface area is 117 Å². The lowest BCUT2D eigenvalue weighted by atomic mass is 10.2. The van der Waals surface area contributed by atoms with Crippen LogP contribution in [0.1, 0.15) is 16.8 Å². The fourth-order valence-corrected chi connectivity index (χ4v) is 1.72. The van der Waals surface area contributed by atoms with Gasteiger partial charge in [-0.25, -0.2) is 0 Å². The van der Waals surface area contributed by atoms with Crippen LogP contribution in [0.25, 0.3) is 0 Å². The van der Waals surface area contributed by atoms with Gasteiger partial charge in [0, 0.05) is 6.20 Å². The van der Waals surface area contributed by atoms with Crippen molar-refractivity contribution in [1.82, 2.24) is 4.98 Å². The standard InChI is InChI=1S/C15H17N3O2/c1-19-13-4-2-11(3-5-13)9-20-10-12-6-7-18-14(8-12)15(16)17/h2-8H,9-10H2,1H3,(H3,16,17). The Morgan fingerprint density at radius 3 is 2.50 bits per heavy atom. The van der Waals surface area contributed by atoms with Crippen LogP contribution in [0, 0.1) is 5.41 Å². The Balaban J connectivity index is 1.88. The Bertz CT molecular complexity index is 582. The minimum absolute atomic E-state index is 0.0398. The van der Waals surface area contributed by atoms with Crippen LogP contribution in [0.5, 0.6) is 5.75 Å². The van der Waals surface area contributed by atoms with Crippen molar-refractivity contribution in [1.29, 1.82) is 5.41 Å². The molecule has 0 fully saturated rings. The number of nitrogens with zero attached hydrogens (tertiary/aromatic N) is 1. The number of nitrogen functional groups attached to an aromatic ring is 1. The molecule has 2 aromatic rings. The van der Waals surface area contributed by atoms with E-state index < -0.39 is 0 Å². The minimum Gasteiger partial charge on any atom is -0.497 e. The van der Waals surface area contributed by atoms with Gasteiger partial charge in [-0.3, -0.25) is 10.4 Å². The van der Waals surface area contributed by atoms with Gasteiger partial charge in [0.05, 0.1) is 20.3 Å². The summed E-state index contributed by atoms with van der Waals surface area (Å²) in [5.41, 5.74) is 7.88. The SMILES string of the molecule is COc1ccc(COCc2ccnc(C(=N)N)c2)cc1. The zero-order chi connectivity index (χ0) is 14.4. The molecule has 0 saturated heterocycles. The van der Waals surface area contributed by atoms with Crippen LogP contribution in [0.3, 0.4) is 0 Å². The first-order chi connectivity index (χ1) is 9.69. The highest BCUT2D eigenvalue weighted by atomic mass is 16.5. The van der Waals surface area contributed by atoms with Crippen molar-refractivity contribution in [2.24, 2.45) is 5.73 Å². The summed E-state index contributed by atoms with van der Waals surface area (Å²) in [6, 6.07) is 11.3. The van der Waals surface area contributed by atoms with E-state index in [1.54, 1.807) is 19.4 Å². The summed E-state index contributed by atoms with van der Waals surface area (Å²) in [7, 11) is 1.64. The summed E-state index contributed by atoms with van der Waals surface area (Å²) in [5, 5.41) is 7.34. The molecule has 0 bridgehead atoms. The molecule has 0 spiro atoms. The van der Waals surface area contributed by atoms with Gasteiger partial charge in [-0.2, -0.15) is 0 Å². The maximum Gasteiger partial charge on any atom is 0.141 e. The van der Waals surface area contributed by atoms with Gasteiger partial charge in [0.1, 0.15) is 17.3 Å². The van der Waals surface area contributed by atoms with Crippen molar-refractivity contribution in [2.45, 2.75) is 13.2 Å². The molecule has 0 aliphatic rings. The van der Waals surface area contributed by atoms with Crippen molar-refractivity contribution in [3.8, 4) is 5.75 Å². The fraction of sp³-hybridized carbons (Fsp3) is 0.200. The topological polar surface area (TPSA) is 81.2 Å². The van der Waals surface area contributed by atoms with Crippen LogP contribution >= 0.6 is 0 Å². The highest BCUT2D eigenvalue weighted by molar-refractivity contribution is 5.93. The second-order valence-corrected chi connectivity index (χ2v) is 4.30. The fourth-order valence-electron chi connectivity index (χ4n) is 1.72. The van der Waals surface area contributed by atoms with E-state index in [1.165, 1.54) is 0 Å². The van der Waals surface area contributed by atoms with Crippen molar-refractivity contribution in [3.63, 3.8) is 0 Å². The number of nitrogens with one attached hydrogen (secondary N) is 1. The summed E-state index contributed by atoms with van der Waals surface area (Å²) >= 11 is 0. The third-order valence-corrected chi connectivity index (χ3v) is 2.80. The summed E-state index contributed by atoms with van der Waals surface area (Å²) in [5.74, 6) is 0.788. The lowest BCUT2D eigenvalue weighted by molar-refractivity contribution is 0.107. The number of hydrogen-bond acceptors (Lipinski definition) is 4. The first-order valence-corrected chi connectivity index (χ1v) is 6.19. The van der Waals surface area contributed by atoms with E-state index in [9.17, 15) is 0 Å². The number of aromatic nitrogens is 1. The Hall–Kier alpha value is -2.40. The molecule has 0 unspecified atom stereocenters. The normalized spacial score (nSPS) is 10.2. The van der Waals surface area contributed by atoms with Gasteiger partial charge < -0.3 is 15.2 Å². The lowest BCUT2D eigenvalue weighted by Crippen LogP contribution is -2.13. The molecule has 2 rings (SSSR count). The van der Waals surface area contributed by atoms with Crippen LogP contribution < -0.4 is 10.5 Å². The predicted octanol–water partition coefficient (Wildman–Crippen LogP) is 2.09. The number of rotatable bonds is 6. The number of methoxy groups -OCH3 is 1. The molecule has 0 radical (unpaired) electrons. The lowest BCUT2D eigenvalue weighted by Gasteiger charge is -2.06. The monoisotopic (exact) mass is 271 g/mol. The van der Waals surface area contributed by atoms with Gasteiger partial charge in [-0.05, 0) is 35.4 Å². The number of ether oxygens (including phenoxy) is 2. The van der Waals surface area contributed by atoms with E-state index in [0.29, 0.717) is 18.9 Å². The maximum absolute atomic E-state index is 7.34. The summed E-state index contributed by atoms with van der Waals surface area (Å²) in [4.78, 5) is 4.01. The van der Waals surface area contributed by atoms with Gasteiger partial charge in [-0.1, -0.05) is 12.1 Å². The average molecular weight is 271 g/mol. The molecule has 1 aromatic heterocycles. The van der Waals surface area contributed by atoms with Crippen LogP contribution in [0.15, 0.2) is 42.6 Å². The van der Waals surface area contributed by atoms with Crippen LogP contribution in [0.2, 0.25) is 0 Å². The number of hydrogen-bond donors (Lipinski definition) is 2. The van der Waals surface area contributed by atoms with E-state index in [4.69, 9.17) is 20.6 Å².